The first kappa shape index (κ1) is 21.9. The number of aromatic nitrogens is 4. The number of hydrogen-bond donors (Lipinski definition) is 2. The predicted molar refractivity (Wildman–Crippen MR) is 140 cm³/mol. The number of anilines is 2. The van der Waals surface area contributed by atoms with Crippen molar-refractivity contribution in [2.45, 2.75) is 46.6 Å². The first-order valence-electron chi connectivity index (χ1n) is 12.6. The number of fused-ring (bicyclic) bond motifs is 3. The number of H-pyrrole nitrogens is 1. The van der Waals surface area contributed by atoms with Crippen molar-refractivity contribution in [3.05, 3.63) is 59.5 Å². The SMILES string of the molecule is CCNc1nc2ccc(-c3ccc4c(c3)CN(c3ncnc5c3CC(C)(C)CC5)CCO4)cc2[nH]1. The number of aryl methyl sites for hydroxylation is 1. The topological polar surface area (TPSA) is 79.0 Å². The summed E-state index contributed by atoms with van der Waals surface area (Å²) in [6.07, 6.45) is 4.94. The van der Waals surface area contributed by atoms with Gasteiger partial charge in [0.05, 0.1) is 17.6 Å². The van der Waals surface area contributed by atoms with E-state index in [0.717, 1.165) is 66.6 Å². The van der Waals surface area contributed by atoms with Gasteiger partial charge in [-0.2, -0.15) is 0 Å². The number of nitrogens with zero attached hydrogens (tertiary/aromatic N) is 4. The fourth-order valence-corrected chi connectivity index (χ4v) is 5.33. The lowest BCUT2D eigenvalue weighted by atomic mass is 9.76. The molecule has 2 aliphatic rings. The van der Waals surface area contributed by atoms with Crippen LogP contribution in [0.4, 0.5) is 11.8 Å². The Balaban J connectivity index is 1.33. The zero-order valence-corrected chi connectivity index (χ0v) is 20.7. The van der Waals surface area contributed by atoms with Crippen molar-refractivity contribution in [3.63, 3.8) is 0 Å². The van der Waals surface area contributed by atoms with E-state index in [2.05, 4.69) is 82.3 Å². The Labute approximate surface area is 206 Å². The second-order valence-corrected chi connectivity index (χ2v) is 10.4. The number of imidazole rings is 1. The maximum Gasteiger partial charge on any atom is 0.201 e. The molecular weight excluding hydrogens is 436 g/mol. The molecule has 0 amide bonds. The van der Waals surface area contributed by atoms with E-state index in [1.54, 1.807) is 6.33 Å². The third-order valence-corrected chi connectivity index (χ3v) is 7.21. The van der Waals surface area contributed by atoms with E-state index < -0.39 is 0 Å². The van der Waals surface area contributed by atoms with Gasteiger partial charge in [-0.3, -0.25) is 0 Å². The first-order valence-corrected chi connectivity index (χ1v) is 12.6. The Morgan fingerprint density at radius 1 is 1.11 bits per heavy atom. The van der Waals surface area contributed by atoms with Crippen molar-refractivity contribution >= 4 is 22.8 Å². The summed E-state index contributed by atoms with van der Waals surface area (Å²) in [7, 11) is 0. The molecule has 0 unspecified atom stereocenters. The second-order valence-electron chi connectivity index (χ2n) is 10.4. The van der Waals surface area contributed by atoms with Crippen LogP contribution in [-0.2, 0) is 19.4 Å². The molecule has 3 heterocycles. The highest BCUT2D eigenvalue weighted by atomic mass is 16.5. The van der Waals surface area contributed by atoms with Crippen LogP contribution in [0.5, 0.6) is 5.75 Å². The van der Waals surface area contributed by atoms with E-state index in [-0.39, 0.29) is 5.41 Å². The molecule has 2 aromatic carbocycles. The molecule has 35 heavy (non-hydrogen) atoms. The van der Waals surface area contributed by atoms with Gasteiger partial charge >= 0.3 is 0 Å². The average molecular weight is 469 g/mol. The number of rotatable bonds is 4. The summed E-state index contributed by atoms with van der Waals surface area (Å²) in [5, 5.41) is 3.25. The van der Waals surface area contributed by atoms with E-state index >= 15 is 0 Å². The molecule has 4 aromatic rings. The number of nitrogens with one attached hydrogen (secondary N) is 2. The standard InChI is InChI=1S/C28H32N6O/c1-4-29-27-32-23-7-5-19(14-24(23)33-27)18-6-8-25-20(13-18)16-34(11-12-35-25)26-21-15-28(2,3)10-9-22(21)30-17-31-26/h5-8,13-14,17H,4,9-12,15-16H2,1-3H3,(H2,29,32,33). The van der Waals surface area contributed by atoms with Gasteiger partial charge in [0.2, 0.25) is 5.95 Å². The molecule has 0 bridgehead atoms. The number of aromatic amines is 1. The van der Waals surface area contributed by atoms with Crippen molar-refractivity contribution in [2.75, 3.05) is 29.9 Å². The Bertz CT molecular complexity index is 1390. The molecule has 7 heteroatoms. The smallest absolute Gasteiger partial charge is 0.201 e. The Morgan fingerprint density at radius 2 is 1.97 bits per heavy atom. The molecule has 0 saturated carbocycles. The van der Waals surface area contributed by atoms with Crippen molar-refractivity contribution in [2.24, 2.45) is 5.41 Å². The van der Waals surface area contributed by atoms with E-state index in [0.29, 0.717) is 6.61 Å². The van der Waals surface area contributed by atoms with Gasteiger partial charge in [0.25, 0.3) is 0 Å². The molecule has 6 rings (SSSR count). The Morgan fingerprint density at radius 3 is 2.86 bits per heavy atom. The van der Waals surface area contributed by atoms with E-state index in [1.165, 1.54) is 28.8 Å². The largest absolute Gasteiger partial charge is 0.491 e. The van der Waals surface area contributed by atoms with Crippen LogP contribution < -0.4 is 15.0 Å². The lowest BCUT2D eigenvalue weighted by Crippen LogP contribution is -2.31. The molecule has 2 aromatic heterocycles. The molecule has 0 radical (unpaired) electrons. The highest BCUT2D eigenvalue weighted by molar-refractivity contribution is 5.83. The van der Waals surface area contributed by atoms with Crippen LogP contribution in [0.2, 0.25) is 0 Å². The van der Waals surface area contributed by atoms with E-state index in [4.69, 9.17) is 9.72 Å². The summed E-state index contributed by atoms with van der Waals surface area (Å²) < 4.78 is 6.17. The third-order valence-electron chi connectivity index (χ3n) is 7.21. The van der Waals surface area contributed by atoms with Crippen molar-refractivity contribution in [1.82, 2.24) is 19.9 Å². The molecule has 0 fully saturated rings. The van der Waals surface area contributed by atoms with Gasteiger partial charge in [0.15, 0.2) is 0 Å². The lowest BCUT2D eigenvalue weighted by molar-refractivity contribution is 0.310. The van der Waals surface area contributed by atoms with Gasteiger partial charge in [-0.1, -0.05) is 26.0 Å². The summed E-state index contributed by atoms with van der Waals surface area (Å²) in [6.45, 7) is 9.81. The molecule has 7 nitrogen and oxygen atoms in total. The van der Waals surface area contributed by atoms with Gasteiger partial charge in [0.1, 0.15) is 24.5 Å². The van der Waals surface area contributed by atoms with Gasteiger partial charge < -0.3 is 19.9 Å². The van der Waals surface area contributed by atoms with Crippen molar-refractivity contribution < 1.29 is 4.74 Å². The number of benzene rings is 2. The van der Waals surface area contributed by atoms with Gasteiger partial charge in [-0.15, -0.1) is 0 Å². The summed E-state index contributed by atoms with van der Waals surface area (Å²) in [5.74, 6) is 2.83. The zero-order chi connectivity index (χ0) is 24.0. The Kier molecular flexibility index (Phi) is 5.35. The molecule has 0 spiro atoms. The minimum atomic E-state index is 0.276. The predicted octanol–water partition coefficient (Wildman–Crippen LogP) is 5.37. The minimum absolute atomic E-state index is 0.276. The lowest BCUT2D eigenvalue weighted by Gasteiger charge is -2.33. The monoisotopic (exact) mass is 468 g/mol. The highest BCUT2D eigenvalue weighted by Crippen LogP contribution is 2.39. The van der Waals surface area contributed by atoms with Crippen LogP contribution in [0, 0.1) is 5.41 Å². The van der Waals surface area contributed by atoms with Crippen LogP contribution in [0.1, 0.15) is 44.0 Å². The van der Waals surface area contributed by atoms with E-state index in [1.807, 2.05) is 0 Å². The number of hydrogen-bond acceptors (Lipinski definition) is 6. The molecule has 1 aliphatic heterocycles. The summed E-state index contributed by atoms with van der Waals surface area (Å²) in [6, 6.07) is 12.9. The molecule has 180 valence electrons. The maximum absolute atomic E-state index is 6.17. The van der Waals surface area contributed by atoms with Crippen LogP contribution in [-0.4, -0.2) is 39.6 Å². The molecule has 0 atom stereocenters. The Hall–Kier alpha value is -3.61. The van der Waals surface area contributed by atoms with Crippen LogP contribution in [0.15, 0.2) is 42.7 Å². The fourth-order valence-electron chi connectivity index (χ4n) is 5.33. The fraction of sp³-hybridized carbons (Fsp3) is 0.393. The molecule has 1 aliphatic carbocycles. The highest BCUT2D eigenvalue weighted by Gasteiger charge is 2.30. The summed E-state index contributed by atoms with van der Waals surface area (Å²) in [5.41, 5.74) is 8.29. The van der Waals surface area contributed by atoms with Gasteiger partial charge in [-0.25, -0.2) is 15.0 Å². The van der Waals surface area contributed by atoms with Crippen molar-refractivity contribution in [3.8, 4) is 16.9 Å². The van der Waals surface area contributed by atoms with Crippen LogP contribution in [0.25, 0.3) is 22.2 Å². The summed E-state index contributed by atoms with van der Waals surface area (Å²) >= 11 is 0. The van der Waals surface area contributed by atoms with E-state index in [9.17, 15) is 0 Å². The van der Waals surface area contributed by atoms with Crippen molar-refractivity contribution in [1.29, 1.82) is 0 Å². The minimum Gasteiger partial charge on any atom is -0.491 e. The summed E-state index contributed by atoms with van der Waals surface area (Å²) in [4.78, 5) is 19.7. The number of ether oxygens (including phenoxy) is 1. The quantitative estimate of drug-likeness (QED) is 0.419. The zero-order valence-electron chi connectivity index (χ0n) is 20.7. The van der Waals surface area contributed by atoms with Crippen LogP contribution in [0.3, 0.4) is 0 Å². The molecule has 2 N–H and O–H groups in total. The van der Waals surface area contributed by atoms with Gasteiger partial charge in [0, 0.05) is 29.9 Å². The average Bonchev–Trinajstić information content (AvgIpc) is 3.12. The van der Waals surface area contributed by atoms with Crippen LogP contribution >= 0.6 is 0 Å². The normalized spacial score (nSPS) is 16.8. The second kappa shape index (κ2) is 8.56. The molecular formula is C28H32N6O. The maximum atomic E-state index is 6.17. The third kappa shape index (κ3) is 4.20. The molecule has 0 saturated heterocycles. The van der Waals surface area contributed by atoms with Gasteiger partial charge in [-0.05, 0) is 67.0 Å². The first-order chi connectivity index (χ1) is 17.0.